The first kappa shape index (κ1) is 105. The lowest BCUT2D eigenvalue weighted by molar-refractivity contribution is -0.169. The summed E-state index contributed by atoms with van der Waals surface area (Å²) in [4.78, 5) is 138. The fourth-order valence-electron chi connectivity index (χ4n) is 41.5. The summed E-state index contributed by atoms with van der Waals surface area (Å²) in [5.74, 6) is 12.6. The molecule has 2 aliphatic heterocycles. The molecule has 15 saturated carbocycles. The fourth-order valence-corrected chi connectivity index (χ4v) is 41.5. The van der Waals surface area contributed by atoms with E-state index in [4.69, 9.17) is 18.9 Å². The molecule has 17 nitrogen and oxygen atoms in total. The van der Waals surface area contributed by atoms with E-state index >= 15 is 0 Å². The van der Waals surface area contributed by atoms with Gasteiger partial charge in [-0.05, 0) is 433 Å². The van der Waals surface area contributed by atoms with Crippen molar-refractivity contribution in [2.24, 2.45) is 131 Å². The molecule has 2 heterocycles. The van der Waals surface area contributed by atoms with Crippen molar-refractivity contribution in [3.8, 4) is 17.2 Å². The van der Waals surface area contributed by atoms with Gasteiger partial charge in [0.05, 0.1) is 31.7 Å². The van der Waals surface area contributed by atoms with Crippen LogP contribution in [0, 0.1) is 131 Å². The number of rotatable bonds is 3. The number of carbonyl (C=O) groups is 11. The van der Waals surface area contributed by atoms with Gasteiger partial charge in [-0.2, -0.15) is 0 Å². The van der Waals surface area contributed by atoms with Gasteiger partial charge in [0.15, 0.2) is 28.9 Å². The zero-order chi connectivity index (χ0) is 106. The van der Waals surface area contributed by atoms with Crippen molar-refractivity contribution in [2.75, 3.05) is 14.2 Å². The summed E-state index contributed by atoms with van der Waals surface area (Å²) < 4.78 is 22.8. The summed E-state index contributed by atoms with van der Waals surface area (Å²) in [7, 11) is 3.49. The Morgan fingerprint density at radius 3 is 1.41 bits per heavy atom. The van der Waals surface area contributed by atoms with Crippen LogP contribution < -0.4 is 9.47 Å². The standard InChI is InChI=1S/C22H28O4.C22H26O3.C22H28O3.C22H26O3.C22H26O2.C19H24O2.2C2H6/c1-20-7-3-13(23)11-17(20)18(24)12-14-15(20)4-8-21(2)16(14)5-9-22(21)10-6-19(25)26-22;1-20-7-4-16-14-12-18(24)17-11-13(23)3-9-21(17,2)15(14)5-10-22(16,20)19(25)6-8-20;1-21-10-7-17-16-6-4-15(24-2)13-14(16)3-5-18(17)19(21)8-11-22(21)12-9-20(23)25-22;1-20-7-5-16-17-12-18(24)14-11-13(23)3-4-15(14)21(17,2)9-10-22(16,20)19(25)6-8-20;1-21-10-8-19-18-5-3-14-13-15(24-2)4-6-16(14)17(18)7-12-22(19,21)20(23)9-11-21;1-19-9-8-15-14-4-2-12(11-20)10-13(14)3-5-16(15)17(19)6-7-18(19)21;2*1-2/h11,14-16H,3-10,12H2,1-2H3;4,11,14-15H,3,5-10,12H2,1-2H3;4,6,13,17-19H,3,5,7-12H2,1-2H3;3-4,11,16-17,23H,5-10,12H2,1-2H3;4,6,8,13,17-18H,3,5,7,9-12H2,1-2H3;2,4,10,15-17,20H,3,5-9,11H2,1H3;2*1-2H3/t14?,15?,16?,20-,21+,22-;14?,15?,20-,21+,22+;17?,18?,19?,21-,22+;16?,17?,20-,21+,22+;17?,18?,21-,22+;15?,16?,17?,19-;;/m100000../s1. The zero-order valence-corrected chi connectivity index (χ0v) is 92.9. The van der Waals surface area contributed by atoms with E-state index in [1.165, 1.54) is 83.9 Å². The number of aryl methyl sites for hydroxylation is 3. The van der Waals surface area contributed by atoms with Crippen molar-refractivity contribution in [1.82, 2.24) is 0 Å². The van der Waals surface area contributed by atoms with Gasteiger partial charge in [0.2, 0.25) is 0 Å². The van der Waals surface area contributed by atoms with Crippen LogP contribution in [0.1, 0.15) is 432 Å². The van der Waals surface area contributed by atoms with Gasteiger partial charge < -0.3 is 29.2 Å². The predicted molar refractivity (Wildman–Crippen MR) is 578 cm³/mol. The normalized spacial score (nSPS) is 42.9. The number of Topliss-reactive ketones (excluding diaryl/α,β-unsaturated/α-hetero) is 7. The molecule has 23 aliphatic carbocycles. The molecule has 0 amide bonds. The Morgan fingerprint density at radius 2 is 0.827 bits per heavy atom. The summed E-state index contributed by atoms with van der Waals surface area (Å²) in [5, 5.41) is 19.2. The number of esters is 2. The largest absolute Gasteiger partial charge is 0.508 e. The number of aromatic hydroxyl groups is 1. The second kappa shape index (κ2) is 38.0. The second-order valence-electron chi connectivity index (χ2n) is 54.0. The average Bonchev–Trinajstić information content (AvgIpc) is 1.46. The Hall–Kier alpha value is -8.83. The zero-order valence-electron chi connectivity index (χ0n) is 92.9. The van der Waals surface area contributed by atoms with Gasteiger partial charge in [-0.3, -0.25) is 52.7 Å². The molecule has 0 bridgehead atoms. The van der Waals surface area contributed by atoms with E-state index in [0.29, 0.717) is 151 Å². The molecule has 2 N–H and O–H groups in total. The van der Waals surface area contributed by atoms with Gasteiger partial charge in [-0.25, -0.2) is 0 Å². The molecule has 150 heavy (non-hydrogen) atoms. The quantitative estimate of drug-likeness (QED) is 0.143. The molecule has 0 aromatic heterocycles. The molecular formula is C133H170O17. The third-order valence-electron chi connectivity index (χ3n) is 49.4. The molecule has 29 atom stereocenters. The first-order chi connectivity index (χ1) is 71.7. The van der Waals surface area contributed by atoms with E-state index < -0.39 is 0 Å². The Bertz CT molecular complexity index is 6370. The van der Waals surface area contributed by atoms with Gasteiger partial charge in [-0.1, -0.05) is 150 Å². The molecule has 804 valence electrons. The van der Waals surface area contributed by atoms with Crippen LogP contribution in [0.5, 0.6) is 17.2 Å². The van der Waals surface area contributed by atoms with Crippen LogP contribution in [0.15, 0.2) is 119 Å². The van der Waals surface area contributed by atoms with Crippen molar-refractivity contribution in [2.45, 2.75) is 420 Å². The Morgan fingerprint density at radius 1 is 0.340 bits per heavy atom. The van der Waals surface area contributed by atoms with Crippen molar-refractivity contribution in [1.29, 1.82) is 0 Å². The van der Waals surface area contributed by atoms with E-state index in [2.05, 4.69) is 129 Å². The molecule has 0 radical (unpaired) electrons. The SMILES string of the molecule is CC.CC.COc1ccc2c(c1)CCC1C2CC[C@@]2(C)C1CC[C@@]21CCC(=O)O1.COc1ccc2c(c1)CCC1C3=CC[C@@]4(C)CCC(=O)[C@@]34CCC21.C[C@@]12CC=C3C4CC(=O)C5=CC(=O)CC[C@]5(C)C4CC[C@]31C(=O)CC2.C[C@]12CCC(=O)C=C1C(=O)CC1C2CC[C@@]2(C)C1CC[C@@]21CCC(=O)O1.C[C@]12CCC(=O)[C@]13CC[C@]1(C)c4ccc(O)cc4C(=O)CC1C3CC2.C[C@]12CCC3c4ccc(CO)cc4CCC3C1CCC2=O. The maximum atomic E-state index is 13.0. The van der Waals surface area contributed by atoms with E-state index in [9.17, 15) is 63.0 Å². The van der Waals surface area contributed by atoms with Gasteiger partial charge >= 0.3 is 11.9 Å². The average molecular weight is 2040 g/mol. The number of aliphatic hydroxyl groups excluding tert-OH is 1. The molecule has 4 aromatic carbocycles. The summed E-state index contributed by atoms with van der Waals surface area (Å²) in [6, 6.07) is 25.1. The van der Waals surface area contributed by atoms with Gasteiger partial charge in [-0.15, -0.1) is 0 Å². The first-order valence-electron chi connectivity index (χ1n) is 59.7. The molecule has 17 heteroatoms. The summed E-state index contributed by atoms with van der Waals surface area (Å²) in [6.07, 6.45) is 51.3. The molecule has 15 unspecified atom stereocenters. The van der Waals surface area contributed by atoms with Crippen molar-refractivity contribution >= 4 is 64.0 Å². The number of hydrogen-bond donors (Lipinski definition) is 2. The van der Waals surface area contributed by atoms with Crippen LogP contribution >= 0.6 is 0 Å². The fraction of sp³-hybridized carbons (Fsp3) is 0.677. The number of phenolic OH excluding ortho intramolecular Hbond substituents is 1. The van der Waals surface area contributed by atoms with Gasteiger partial charge in [0, 0.05) is 109 Å². The third-order valence-corrected chi connectivity index (χ3v) is 49.4. The summed E-state index contributed by atoms with van der Waals surface area (Å²) in [5.41, 5.74) is 15.4. The van der Waals surface area contributed by atoms with Crippen LogP contribution in [0.2, 0.25) is 0 Å². The van der Waals surface area contributed by atoms with E-state index in [1.54, 1.807) is 44.1 Å². The maximum Gasteiger partial charge on any atom is 0.306 e. The first-order valence-corrected chi connectivity index (χ1v) is 59.7. The van der Waals surface area contributed by atoms with Crippen LogP contribution in [0.4, 0.5) is 0 Å². The summed E-state index contributed by atoms with van der Waals surface area (Å²) in [6.45, 7) is 28.8. The number of aliphatic hydroxyl groups is 1. The molecule has 4 aromatic rings. The number of fused-ring (bicyclic) bond motifs is 29. The molecule has 2 saturated heterocycles. The Kier molecular flexibility index (Phi) is 26.7. The lowest BCUT2D eigenvalue weighted by Gasteiger charge is -2.58. The number of carbonyl (C=O) groups excluding carboxylic acids is 11. The van der Waals surface area contributed by atoms with Crippen molar-refractivity contribution < 1.29 is 81.9 Å². The lowest BCUT2D eigenvalue weighted by atomic mass is 9.46. The van der Waals surface area contributed by atoms with Crippen molar-refractivity contribution in [3.05, 3.63) is 169 Å². The van der Waals surface area contributed by atoms with E-state index in [1.807, 2.05) is 33.8 Å². The highest BCUT2D eigenvalue weighted by atomic mass is 16.6. The molecule has 5 spiro atoms. The second-order valence-corrected chi connectivity index (χ2v) is 54.0. The number of benzene rings is 4. The number of ketones is 9. The highest BCUT2D eigenvalue weighted by molar-refractivity contribution is 6.08. The highest BCUT2D eigenvalue weighted by Gasteiger charge is 2.75. The third kappa shape index (κ3) is 15.3. The van der Waals surface area contributed by atoms with Crippen LogP contribution in [0.3, 0.4) is 0 Å². The maximum absolute atomic E-state index is 13.0. The Labute approximate surface area is 891 Å². The number of ether oxygens (including phenoxy) is 4. The minimum absolute atomic E-state index is 0.00265. The lowest BCUT2D eigenvalue weighted by Crippen LogP contribution is -2.56. The van der Waals surface area contributed by atoms with Crippen LogP contribution in [-0.4, -0.2) is 99.6 Å². The molecule has 17 fully saturated rings. The van der Waals surface area contributed by atoms with Crippen molar-refractivity contribution in [3.63, 3.8) is 0 Å². The minimum Gasteiger partial charge on any atom is -0.508 e. The highest BCUT2D eigenvalue weighted by Crippen LogP contribution is 2.78. The van der Waals surface area contributed by atoms with Crippen LogP contribution in [-0.2, 0) is 88.7 Å². The number of phenols is 1. The van der Waals surface area contributed by atoms with Gasteiger partial charge in [0.25, 0.3) is 0 Å². The monoisotopic (exact) mass is 2040 g/mol. The smallest absolute Gasteiger partial charge is 0.306 e. The molecule has 29 rings (SSSR count). The Balaban J connectivity index is 0.000000101. The van der Waals surface area contributed by atoms with E-state index in [0.717, 1.165) is 232 Å². The predicted octanol–water partition coefficient (Wildman–Crippen LogP) is 27.3. The summed E-state index contributed by atoms with van der Waals surface area (Å²) >= 11 is 0. The van der Waals surface area contributed by atoms with Gasteiger partial charge in [0.1, 0.15) is 51.6 Å². The minimum atomic E-state index is -0.289. The van der Waals surface area contributed by atoms with E-state index in [-0.39, 0.29) is 141 Å². The molecule has 25 aliphatic rings. The number of hydrogen-bond acceptors (Lipinski definition) is 17. The number of methoxy groups -OCH3 is 2. The topological polar surface area (TPSA) is 265 Å². The molecular weight excluding hydrogens is 1870 g/mol. The van der Waals surface area contributed by atoms with Crippen LogP contribution in [0.25, 0.3) is 0 Å². The number of allylic oxidation sites excluding steroid dienone is 7.